The van der Waals surface area contributed by atoms with Gasteiger partial charge in [-0.1, -0.05) is 29.8 Å². The second kappa shape index (κ2) is 6.64. The molecule has 4 nitrogen and oxygen atoms in total. The number of aromatic nitrogens is 2. The zero-order chi connectivity index (χ0) is 16.2. The van der Waals surface area contributed by atoms with E-state index in [9.17, 15) is 18.0 Å². The maximum Gasteiger partial charge on any atom is 0.391 e. The van der Waals surface area contributed by atoms with Gasteiger partial charge in [-0.3, -0.25) is 4.79 Å². The van der Waals surface area contributed by atoms with Gasteiger partial charge in [0.05, 0.1) is 18.9 Å². The molecule has 0 radical (unpaired) electrons. The molecule has 1 atom stereocenters. The molecule has 0 fully saturated rings. The number of benzene rings is 1. The average Bonchev–Trinajstić information content (AvgIpc) is 2.90. The summed E-state index contributed by atoms with van der Waals surface area (Å²) in [6.45, 7) is 1.85. The Labute approximate surface area is 125 Å². The van der Waals surface area contributed by atoms with E-state index in [0.29, 0.717) is 11.4 Å². The number of rotatable bonds is 5. The van der Waals surface area contributed by atoms with Gasteiger partial charge in [-0.15, -0.1) is 0 Å². The number of H-pyrrole nitrogens is 1. The summed E-state index contributed by atoms with van der Waals surface area (Å²) >= 11 is 0. The van der Waals surface area contributed by atoms with Gasteiger partial charge in [0.2, 0.25) is 5.91 Å². The fourth-order valence-electron chi connectivity index (χ4n) is 2.07. The molecular weight excluding hydrogens is 295 g/mol. The fraction of sp³-hybridized carbons (Fsp3) is 0.333. The molecule has 1 aromatic heterocycles. The van der Waals surface area contributed by atoms with Crippen molar-refractivity contribution in [1.82, 2.24) is 15.3 Å². The van der Waals surface area contributed by atoms with Gasteiger partial charge in [-0.25, -0.2) is 4.98 Å². The first-order valence-electron chi connectivity index (χ1n) is 6.74. The number of carbonyl (C=O) groups excluding carboxylic acids is 1. The SMILES string of the molecule is Cc1ccc(C(CC(F)(F)F)NC(=O)Cc2ncc[nH]2)cc1. The van der Waals surface area contributed by atoms with Crippen molar-refractivity contribution in [2.75, 3.05) is 0 Å². The highest BCUT2D eigenvalue weighted by Crippen LogP contribution is 2.29. The van der Waals surface area contributed by atoms with Crippen molar-refractivity contribution < 1.29 is 18.0 Å². The molecule has 2 N–H and O–H groups in total. The molecule has 0 saturated carbocycles. The predicted molar refractivity (Wildman–Crippen MR) is 75.0 cm³/mol. The molecule has 0 aliphatic rings. The Bertz CT molecular complexity index is 606. The fourth-order valence-corrected chi connectivity index (χ4v) is 2.07. The van der Waals surface area contributed by atoms with Crippen LogP contribution in [0, 0.1) is 6.92 Å². The lowest BCUT2D eigenvalue weighted by atomic mass is 10.0. The van der Waals surface area contributed by atoms with Gasteiger partial charge in [0.1, 0.15) is 5.82 Å². The lowest BCUT2D eigenvalue weighted by Gasteiger charge is -2.20. The molecule has 1 unspecified atom stereocenters. The van der Waals surface area contributed by atoms with E-state index in [1.165, 1.54) is 6.20 Å². The summed E-state index contributed by atoms with van der Waals surface area (Å²) in [5.41, 5.74) is 1.37. The van der Waals surface area contributed by atoms with Gasteiger partial charge < -0.3 is 10.3 Å². The number of halogens is 3. The Kier molecular flexibility index (Phi) is 4.85. The van der Waals surface area contributed by atoms with Gasteiger partial charge in [-0.05, 0) is 12.5 Å². The number of imidazole rings is 1. The first kappa shape index (κ1) is 16.1. The van der Waals surface area contributed by atoms with Crippen molar-refractivity contribution in [2.24, 2.45) is 0 Å². The standard InChI is InChI=1S/C15H16F3N3O/c1-10-2-4-11(5-3-10)12(9-15(16,17)18)21-14(22)8-13-19-6-7-20-13/h2-7,12H,8-9H2,1H3,(H,19,20)(H,21,22). The smallest absolute Gasteiger partial charge is 0.349 e. The van der Waals surface area contributed by atoms with Crippen molar-refractivity contribution >= 4 is 5.91 Å². The lowest BCUT2D eigenvalue weighted by molar-refractivity contribution is -0.142. The maximum atomic E-state index is 12.7. The van der Waals surface area contributed by atoms with E-state index in [1.807, 2.05) is 6.92 Å². The van der Waals surface area contributed by atoms with Crippen LogP contribution in [0.15, 0.2) is 36.7 Å². The van der Waals surface area contributed by atoms with Crippen molar-refractivity contribution in [3.63, 3.8) is 0 Å². The summed E-state index contributed by atoms with van der Waals surface area (Å²) < 4.78 is 38.2. The van der Waals surface area contributed by atoms with Crippen LogP contribution in [-0.4, -0.2) is 22.1 Å². The monoisotopic (exact) mass is 311 g/mol. The number of nitrogens with one attached hydrogen (secondary N) is 2. The van der Waals surface area contributed by atoms with E-state index >= 15 is 0 Å². The van der Waals surface area contributed by atoms with Crippen molar-refractivity contribution in [3.8, 4) is 0 Å². The lowest BCUT2D eigenvalue weighted by Crippen LogP contribution is -2.33. The number of amides is 1. The Balaban J connectivity index is 2.10. The molecule has 0 saturated heterocycles. The summed E-state index contributed by atoms with van der Waals surface area (Å²) in [5.74, 6) is -0.100. The summed E-state index contributed by atoms with van der Waals surface area (Å²) in [6.07, 6.45) is -2.54. The molecule has 0 spiro atoms. The van der Waals surface area contributed by atoms with Crippen LogP contribution in [0.4, 0.5) is 13.2 Å². The zero-order valence-corrected chi connectivity index (χ0v) is 11.9. The normalized spacial score (nSPS) is 12.9. The number of alkyl halides is 3. The number of hydrogen-bond acceptors (Lipinski definition) is 2. The van der Waals surface area contributed by atoms with E-state index in [0.717, 1.165) is 5.56 Å². The first-order chi connectivity index (χ1) is 10.3. The van der Waals surface area contributed by atoms with Gasteiger partial charge in [-0.2, -0.15) is 13.2 Å². The van der Waals surface area contributed by atoms with Gasteiger partial charge in [0, 0.05) is 12.4 Å². The van der Waals surface area contributed by atoms with Crippen molar-refractivity contribution in [2.45, 2.75) is 32.0 Å². The highest BCUT2D eigenvalue weighted by atomic mass is 19.4. The van der Waals surface area contributed by atoms with Gasteiger partial charge >= 0.3 is 6.18 Å². The number of aromatic amines is 1. The number of nitrogens with zero attached hydrogens (tertiary/aromatic N) is 1. The maximum absolute atomic E-state index is 12.7. The summed E-state index contributed by atoms with van der Waals surface area (Å²) in [4.78, 5) is 18.5. The van der Waals surface area contributed by atoms with Crippen LogP contribution in [0.25, 0.3) is 0 Å². The molecular formula is C15H16F3N3O. The summed E-state index contributed by atoms with van der Waals surface area (Å²) in [5, 5.41) is 2.43. The molecule has 1 amide bonds. The third-order valence-corrected chi connectivity index (χ3v) is 3.13. The molecule has 0 aliphatic carbocycles. The Hall–Kier alpha value is -2.31. The van der Waals surface area contributed by atoms with E-state index in [1.54, 1.807) is 30.5 Å². The van der Waals surface area contributed by atoms with Crippen LogP contribution in [0.1, 0.15) is 29.4 Å². The topological polar surface area (TPSA) is 57.8 Å². The largest absolute Gasteiger partial charge is 0.391 e. The summed E-state index contributed by atoms with van der Waals surface area (Å²) in [6, 6.07) is 5.52. The van der Waals surface area contributed by atoms with Crippen molar-refractivity contribution in [1.29, 1.82) is 0 Å². The van der Waals surface area contributed by atoms with Crippen molar-refractivity contribution in [3.05, 3.63) is 53.6 Å². The third kappa shape index (κ3) is 4.91. The number of carbonyl (C=O) groups is 1. The molecule has 118 valence electrons. The molecule has 2 aromatic rings. The van der Waals surface area contributed by atoms with Gasteiger partial charge in [0.15, 0.2) is 0 Å². The highest BCUT2D eigenvalue weighted by molar-refractivity contribution is 5.78. The quantitative estimate of drug-likeness (QED) is 0.891. The van der Waals surface area contributed by atoms with Crippen LogP contribution >= 0.6 is 0 Å². The highest BCUT2D eigenvalue weighted by Gasteiger charge is 2.33. The zero-order valence-electron chi connectivity index (χ0n) is 11.9. The first-order valence-corrected chi connectivity index (χ1v) is 6.74. The minimum atomic E-state index is -4.37. The predicted octanol–water partition coefficient (Wildman–Crippen LogP) is 3.07. The molecule has 2 rings (SSSR count). The minimum absolute atomic E-state index is 0.0901. The minimum Gasteiger partial charge on any atom is -0.349 e. The molecule has 22 heavy (non-hydrogen) atoms. The number of aryl methyl sites for hydroxylation is 1. The van der Waals surface area contributed by atoms with Crippen LogP contribution in [0.2, 0.25) is 0 Å². The van der Waals surface area contributed by atoms with E-state index < -0.39 is 24.5 Å². The Morgan fingerprint density at radius 3 is 2.55 bits per heavy atom. The molecule has 1 aromatic carbocycles. The van der Waals surface area contributed by atoms with Crippen LogP contribution in [-0.2, 0) is 11.2 Å². The second-order valence-electron chi connectivity index (χ2n) is 5.06. The van der Waals surface area contributed by atoms with E-state index in [2.05, 4.69) is 15.3 Å². The molecule has 0 aliphatic heterocycles. The second-order valence-corrected chi connectivity index (χ2v) is 5.06. The average molecular weight is 311 g/mol. The van der Waals surface area contributed by atoms with E-state index in [4.69, 9.17) is 0 Å². The summed E-state index contributed by atoms with van der Waals surface area (Å²) in [7, 11) is 0. The molecule has 1 heterocycles. The third-order valence-electron chi connectivity index (χ3n) is 3.13. The molecule has 0 bridgehead atoms. The van der Waals surface area contributed by atoms with Gasteiger partial charge in [0.25, 0.3) is 0 Å². The van der Waals surface area contributed by atoms with Crippen LogP contribution in [0.3, 0.4) is 0 Å². The van der Waals surface area contributed by atoms with E-state index in [-0.39, 0.29) is 6.42 Å². The molecule has 7 heteroatoms. The Morgan fingerprint density at radius 2 is 2.00 bits per heavy atom. The van der Waals surface area contributed by atoms with Crippen LogP contribution in [0.5, 0.6) is 0 Å². The Morgan fingerprint density at radius 1 is 1.32 bits per heavy atom. The number of hydrogen-bond donors (Lipinski definition) is 2. The van der Waals surface area contributed by atoms with Crippen LogP contribution < -0.4 is 5.32 Å².